The third-order valence-electron chi connectivity index (χ3n) is 5.55. The molecule has 0 saturated heterocycles. The van der Waals surface area contributed by atoms with Gasteiger partial charge >= 0.3 is 0 Å². The van der Waals surface area contributed by atoms with E-state index in [0.29, 0.717) is 11.3 Å². The fourth-order valence-corrected chi connectivity index (χ4v) is 4.56. The van der Waals surface area contributed by atoms with Crippen LogP contribution in [0.4, 0.5) is 0 Å². The summed E-state index contributed by atoms with van der Waals surface area (Å²) in [7, 11) is 0. The van der Waals surface area contributed by atoms with Crippen molar-refractivity contribution < 1.29 is 0 Å². The minimum atomic E-state index is 0.394. The minimum absolute atomic E-state index is 0.394. The third kappa shape index (κ3) is 1.74. The molecule has 1 atom stereocenters. The highest BCUT2D eigenvalue weighted by Crippen LogP contribution is 2.56. The first-order valence-electron chi connectivity index (χ1n) is 8.03. The average molecular weight is 262 g/mol. The Labute approximate surface area is 121 Å². The summed E-state index contributed by atoms with van der Waals surface area (Å²) in [6, 6.07) is 8.98. The smallest absolute Gasteiger partial charge is 0.0121 e. The lowest BCUT2D eigenvalue weighted by Crippen LogP contribution is -2.32. The van der Waals surface area contributed by atoms with Crippen LogP contribution in [0.1, 0.15) is 55.6 Å². The Kier molecular flexibility index (Phi) is 2.91. The van der Waals surface area contributed by atoms with Crippen LogP contribution in [0.15, 0.2) is 54.1 Å². The molecule has 102 valence electrons. The van der Waals surface area contributed by atoms with E-state index in [1.54, 1.807) is 11.1 Å². The van der Waals surface area contributed by atoms with Crippen LogP contribution in [0.3, 0.4) is 0 Å². The van der Waals surface area contributed by atoms with Crippen LogP contribution in [-0.4, -0.2) is 0 Å². The molecule has 0 spiro atoms. The van der Waals surface area contributed by atoms with E-state index in [2.05, 4.69) is 54.6 Å². The lowest BCUT2D eigenvalue weighted by atomic mass is 9.60. The molecule has 3 aliphatic rings. The van der Waals surface area contributed by atoms with E-state index in [0.717, 1.165) is 0 Å². The maximum absolute atomic E-state index is 2.48. The molecule has 0 heterocycles. The molecule has 1 fully saturated rings. The van der Waals surface area contributed by atoms with Crippen molar-refractivity contribution in [3.8, 4) is 0 Å². The number of fused-ring (bicyclic) bond motifs is 1. The maximum atomic E-state index is 2.48. The highest BCUT2D eigenvalue weighted by Gasteiger charge is 2.43. The zero-order valence-electron chi connectivity index (χ0n) is 12.0. The molecule has 0 aliphatic heterocycles. The van der Waals surface area contributed by atoms with Gasteiger partial charge in [-0.15, -0.1) is 0 Å². The summed E-state index contributed by atoms with van der Waals surface area (Å²) in [6.45, 7) is 0. The molecule has 1 saturated carbocycles. The van der Waals surface area contributed by atoms with Crippen LogP contribution in [0.25, 0.3) is 6.08 Å². The summed E-state index contributed by atoms with van der Waals surface area (Å²) in [6.07, 6.45) is 19.9. The summed E-state index contributed by atoms with van der Waals surface area (Å²) in [5.74, 6) is 0.602. The number of hydrogen-bond acceptors (Lipinski definition) is 0. The van der Waals surface area contributed by atoms with Crippen LogP contribution >= 0.6 is 0 Å². The van der Waals surface area contributed by atoms with Crippen molar-refractivity contribution in [1.29, 1.82) is 0 Å². The van der Waals surface area contributed by atoms with Crippen molar-refractivity contribution in [2.24, 2.45) is 5.41 Å². The Morgan fingerprint density at radius 1 is 1.00 bits per heavy atom. The first-order chi connectivity index (χ1) is 9.90. The summed E-state index contributed by atoms with van der Waals surface area (Å²) < 4.78 is 0. The van der Waals surface area contributed by atoms with Crippen molar-refractivity contribution in [2.45, 2.75) is 44.4 Å². The Morgan fingerprint density at radius 2 is 1.85 bits per heavy atom. The molecule has 4 rings (SSSR count). The van der Waals surface area contributed by atoms with Crippen LogP contribution in [0.2, 0.25) is 0 Å². The van der Waals surface area contributed by atoms with Crippen molar-refractivity contribution in [2.75, 3.05) is 0 Å². The van der Waals surface area contributed by atoms with Gasteiger partial charge in [0.1, 0.15) is 0 Å². The van der Waals surface area contributed by atoms with E-state index >= 15 is 0 Å². The molecule has 20 heavy (non-hydrogen) atoms. The predicted molar refractivity (Wildman–Crippen MR) is 85.6 cm³/mol. The molecule has 0 N–H and O–H groups in total. The van der Waals surface area contributed by atoms with E-state index < -0.39 is 0 Å². The van der Waals surface area contributed by atoms with Gasteiger partial charge in [0, 0.05) is 11.3 Å². The van der Waals surface area contributed by atoms with Gasteiger partial charge in [-0.3, -0.25) is 0 Å². The Hall–Kier alpha value is -1.56. The molecule has 1 aromatic carbocycles. The Morgan fingerprint density at radius 3 is 2.65 bits per heavy atom. The molecular formula is C20H22. The van der Waals surface area contributed by atoms with E-state index in [-0.39, 0.29) is 0 Å². The van der Waals surface area contributed by atoms with Crippen LogP contribution in [0.5, 0.6) is 0 Å². The van der Waals surface area contributed by atoms with Crippen LogP contribution < -0.4 is 0 Å². The molecule has 0 bridgehead atoms. The summed E-state index contributed by atoms with van der Waals surface area (Å²) in [5.41, 5.74) is 5.07. The van der Waals surface area contributed by atoms with Gasteiger partial charge < -0.3 is 0 Å². The molecule has 0 aromatic heterocycles. The van der Waals surface area contributed by atoms with Crippen molar-refractivity contribution >= 4 is 6.08 Å². The van der Waals surface area contributed by atoms with E-state index in [9.17, 15) is 0 Å². The molecule has 3 aliphatic carbocycles. The Bertz CT molecular complexity index is 594. The van der Waals surface area contributed by atoms with Gasteiger partial charge in [-0.1, -0.05) is 79.5 Å². The monoisotopic (exact) mass is 262 g/mol. The van der Waals surface area contributed by atoms with E-state index in [1.807, 2.05) is 0 Å². The first-order valence-corrected chi connectivity index (χ1v) is 8.03. The molecule has 0 amide bonds. The van der Waals surface area contributed by atoms with Gasteiger partial charge in [-0.2, -0.15) is 0 Å². The lowest BCUT2D eigenvalue weighted by Gasteiger charge is -2.44. The van der Waals surface area contributed by atoms with Crippen molar-refractivity contribution in [3.63, 3.8) is 0 Å². The second-order valence-corrected chi connectivity index (χ2v) is 6.51. The topological polar surface area (TPSA) is 0 Å². The average Bonchev–Trinajstić information content (AvgIpc) is 3.18. The van der Waals surface area contributed by atoms with Gasteiger partial charge in [-0.05, 0) is 30.4 Å². The molecule has 0 heteroatoms. The normalized spacial score (nSPS) is 26.6. The zero-order valence-corrected chi connectivity index (χ0v) is 12.0. The number of benzene rings is 1. The number of rotatable bonds is 2. The highest BCUT2D eigenvalue weighted by atomic mass is 14.5. The van der Waals surface area contributed by atoms with Gasteiger partial charge in [0.05, 0.1) is 0 Å². The first kappa shape index (κ1) is 12.2. The van der Waals surface area contributed by atoms with Gasteiger partial charge in [-0.25, -0.2) is 0 Å². The van der Waals surface area contributed by atoms with E-state index in [1.165, 1.54) is 44.1 Å². The van der Waals surface area contributed by atoms with Crippen molar-refractivity contribution in [1.82, 2.24) is 0 Å². The van der Waals surface area contributed by atoms with Crippen molar-refractivity contribution in [3.05, 3.63) is 65.3 Å². The fourth-order valence-electron chi connectivity index (χ4n) is 4.56. The van der Waals surface area contributed by atoms with Crippen LogP contribution in [-0.2, 0) is 0 Å². The molecule has 0 nitrogen and oxygen atoms in total. The second kappa shape index (κ2) is 4.77. The SMILES string of the molecule is C1=CCC(C2(C3C=Cc4ccccc43)CCCCC2)=C1. The van der Waals surface area contributed by atoms with Gasteiger partial charge in [0.15, 0.2) is 0 Å². The van der Waals surface area contributed by atoms with Crippen LogP contribution in [0, 0.1) is 5.41 Å². The standard InChI is InChI=1S/C20H22/c1-6-14-20(15-7-1,17-9-3-4-10-17)19-13-12-16-8-2-5-11-18(16)19/h2-5,8-9,11-13,19H,1,6-7,10,14-15H2. The fraction of sp³-hybridized carbons (Fsp3) is 0.400. The predicted octanol–water partition coefficient (Wildman–Crippen LogP) is 5.63. The third-order valence-corrected chi connectivity index (χ3v) is 5.55. The van der Waals surface area contributed by atoms with E-state index in [4.69, 9.17) is 0 Å². The molecular weight excluding hydrogens is 240 g/mol. The largest absolute Gasteiger partial charge is 0.0804 e. The van der Waals surface area contributed by atoms with Gasteiger partial charge in [0.2, 0.25) is 0 Å². The van der Waals surface area contributed by atoms with Gasteiger partial charge in [0.25, 0.3) is 0 Å². The lowest BCUT2D eigenvalue weighted by molar-refractivity contribution is 0.212. The molecule has 0 radical (unpaired) electrons. The summed E-state index contributed by atoms with van der Waals surface area (Å²) >= 11 is 0. The summed E-state index contributed by atoms with van der Waals surface area (Å²) in [4.78, 5) is 0. The minimum Gasteiger partial charge on any atom is -0.0804 e. The number of allylic oxidation sites excluding steroid dienone is 5. The molecule has 1 unspecified atom stereocenters. The highest BCUT2D eigenvalue weighted by molar-refractivity contribution is 5.64. The molecule has 1 aromatic rings. The second-order valence-electron chi connectivity index (χ2n) is 6.51. The summed E-state index contributed by atoms with van der Waals surface area (Å²) in [5, 5.41) is 0. The quantitative estimate of drug-likeness (QED) is 0.647. The number of hydrogen-bond donors (Lipinski definition) is 0. The maximum Gasteiger partial charge on any atom is 0.0121 e. The zero-order chi connectivity index (χ0) is 13.4. The Balaban J connectivity index is 1.78.